The van der Waals surface area contributed by atoms with Gasteiger partial charge in [-0.05, 0) is 62.6 Å². The minimum absolute atomic E-state index is 0.684. The van der Waals surface area contributed by atoms with Gasteiger partial charge in [-0.1, -0.05) is 56.7 Å². The van der Waals surface area contributed by atoms with Gasteiger partial charge in [-0.3, -0.25) is 0 Å². The van der Waals surface area contributed by atoms with E-state index in [1.54, 1.807) is 0 Å². The van der Waals surface area contributed by atoms with E-state index >= 15 is 0 Å². The number of aryl methyl sites for hydroxylation is 1. The standard InChI is InChI=1S/C23H32N2S/c1-4-9-19(10-5-2)24-15-8-16-25-20-11-6-7-12-22(20)26-23-14-13-18(3)17-21(23)25/h6-7,11-14,17,19,24H,4-5,8-10,15-16H2,1-3H3. The van der Waals surface area contributed by atoms with Crippen LogP contribution in [0.2, 0.25) is 0 Å². The third-order valence-corrected chi connectivity index (χ3v) is 6.18. The number of para-hydroxylation sites is 1. The van der Waals surface area contributed by atoms with Gasteiger partial charge in [0.1, 0.15) is 0 Å². The van der Waals surface area contributed by atoms with E-state index in [2.05, 4.69) is 73.5 Å². The number of hydrogen-bond acceptors (Lipinski definition) is 3. The van der Waals surface area contributed by atoms with Crippen LogP contribution in [0.4, 0.5) is 11.4 Å². The van der Waals surface area contributed by atoms with Crippen molar-refractivity contribution in [1.82, 2.24) is 5.32 Å². The SMILES string of the molecule is CCCC(CCC)NCCCN1c2ccccc2Sc2ccc(C)cc21. The predicted octanol–water partition coefficient (Wildman–Crippen LogP) is 6.55. The second-order valence-electron chi connectivity index (χ2n) is 7.27. The van der Waals surface area contributed by atoms with E-state index < -0.39 is 0 Å². The lowest BCUT2D eigenvalue weighted by Gasteiger charge is -2.33. The van der Waals surface area contributed by atoms with Crippen LogP contribution in [-0.2, 0) is 0 Å². The lowest BCUT2D eigenvalue weighted by atomic mass is 10.1. The molecule has 2 nitrogen and oxygen atoms in total. The van der Waals surface area contributed by atoms with E-state index in [1.807, 2.05) is 11.8 Å². The van der Waals surface area contributed by atoms with Gasteiger partial charge in [0.15, 0.2) is 0 Å². The molecule has 3 heteroatoms. The van der Waals surface area contributed by atoms with Crippen molar-refractivity contribution in [3.05, 3.63) is 48.0 Å². The van der Waals surface area contributed by atoms with E-state index in [0.29, 0.717) is 6.04 Å². The van der Waals surface area contributed by atoms with E-state index in [-0.39, 0.29) is 0 Å². The monoisotopic (exact) mass is 368 g/mol. The summed E-state index contributed by atoms with van der Waals surface area (Å²) in [4.78, 5) is 5.26. The molecule has 0 amide bonds. The molecule has 0 radical (unpaired) electrons. The highest BCUT2D eigenvalue weighted by Gasteiger charge is 2.22. The fourth-order valence-electron chi connectivity index (χ4n) is 3.77. The average molecular weight is 369 g/mol. The highest BCUT2D eigenvalue weighted by Crippen LogP contribution is 2.48. The maximum Gasteiger partial charge on any atom is 0.0555 e. The molecule has 3 rings (SSSR count). The average Bonchev–Trinajstić information content (AvgIpc) is 2.65. The molecule has 0 bridgehead atoms. The first-order chi connectivity index (χ1) is 12.7. The molecule has 1 N–H and O–H groups in total. The molecule has 0 saturated carbocycles. The molecule has 1 aliphatic heterocycles. The van der Waals surface area contributed by atoms with Gasteiger partial charge in [-0.15, -0.1) is 0 Å². The van der Waals surface area contributed by atoms with Crippen molar-refractivity contribution in [2.75, 3.05) is 18.0 Å². The van der Waals surface area contributed by atoms with Crippen LogP contribution in [0, 0.1) is 6.92 Å². The van der Waals surface area contributed by atoms with Crippen LogP contribution in [0.3, 0.4) is 0 Å². The molecule has 0 saturated heterocycles. The number of nitrogens with zero attached hydrogens (tertiary/aromatic N) is 1. The highest BCUT2D eigenvalue weighted by molar-refractivity contribution is 7.99. The fourth-order valence-corrected chi connectivity index (χ4v) is 4.85. The molecule has 1 heterocycles. The molecule has 0 atom stereocenters. The second kappa shape index (κ2) is 9.48. The Bertz CT molecular complexity index is 707. The fraction of sp³-hybridized carbons (Fsp3) is 0.478. The number of rotatable bonds is 9. The summed E-state index contributed by atoms with van der Waals surface area (Å²) >= 11 is 1.89. The molecule has 0 unspecified atom stereocenters. The van der Waals surface area contributed by atoms with Crippen molar-refractivity contribution in [3.8, 4) is 0 Å². The minimum Gasteiger partial charge on any atom is -0.340 e. The zero-order valence-electron chi connectivity index (χ0n) is 16.4. The lowest BCUT2D eigenvalue weighted by Crippen LogP contribution is -2.32. The van der Waals surface area contributed by atoms with E-state index in [1.165, 1.54) is 52.4 Å². The first-order valence-corrected chi connectivity index (χ1v) is 10.9. The summed E-state index contributed by atoms with van der Waals surface area (Å²) in [5, 5.41) is 3.79. The molecule has 0 fully saturated rings. The van der Waals surface area contributed by atoms with E-state index in [0.717, 1.165) is 19.5 Å². The largest absolute Gasteiger partial charge is 0.340 e. The number of hydrogen-bond donors (Lipinski definition) is 1. The van der Waals surface area contributed by atoms with Crippen molar-refractivity contribution in [1.29, 1.82) is 0 Å². The van der Waals surface area contributed by atoms with Crippen molar-refractivity contribution in [3.63, 3.8) is 0 Å². The van der Waals surface area contributed by atoms with Gasteiger partial charge < -0.3 is 10.2 Å². The Morgan fingerprint density at radius 3 is 2.46 bits per heavy atom. The van der Waals surface area contributed by atoms with Crippen LogP contribution in [-0.4, -0.2) is 19.1 Å². The van der Waals surface area contributed by atoms with Crippen molar-refractivity contribution in [2.24, 2.45) is 0 Å². The Balaban J connectivity index is 1.68. The zero-order valence-corrected chi connectivity index (χ0v) is 17.2. The van der Waals surface area contributed by atoms with Gasteiger partial charge in [-0.25, -0.2) is 0 Å². The summed E-state index contributed by atoms with van der Waals surface area (Å²) in [5.74, 6) is 0. The predicted molar refractivity (Wildman–Crippen MR) is 115 cm³/mol. The molecule has 0 spiro atoms. The van der Waals surface area contributed by atoms with Gasteiger partial charge >= 0.3 is 0 Å². The second-order valence-corrected chi connectivity index (χ2v) is 8.36. The topological polar surface area (TPSA) is 15.3 Å². The van der Waals surface area contributed by atoms with Gasteiger partial charge in [-0.2, -0.15) is 0 Å². The molecule has 0 aromatic heterocycles. The Morgan fingerprint density at radius 1 is 0.962 bits per heavy atom. The van der Waals surface area contributed by atoms with Crippen LogP contribution >= 0.6 is 11.8 Å². The minimum atomic E-state index is 0.684. The van der Waals surface area contributed by atoms with Crippen molar-refractivity contribution < 1.29 is 0 Å². The number of anilines is 2. The first-order valence-electron chi connectivity index (χ1n) is 10.1. The third-order valence-electron chi connectivity index (χ3n) is 5.05. The zero-order chi connectivity index (χ0) is 18.4. The summed E-state index contributed by atoms with van der Waals surface area (Å²) in [6, 6.07) is 16.3. The van der Waals surface area contributed by atoms with Crippen LogP contribution < -0.4 is 10.2 Å². The molecule has 1 aliphatic rings. The summed E-state index contributed by atoms with van der Waals surface area (Å²) < 4.78 is 0. The van der Waals surface area contributed by atoms with Crippen LogP contribution in [0.5, 0.6) is 0 Å². The van der Waals surface area contributed by atoms with Crippen molar-refractivity contribution >= 4 is 23.1 Å². The molecule has 0 aliphatic carbocycles. The Kier molecular flexibility index (Phi) is 7.04. The van der Waals surface area contributed by atoms with Crippen LogP contribution in [0.15, 0.2) is 52.3 Å². The molecule has 2 aromatic carbocycles. The Morgan fingerprint density at radius 2 is 1.69 bits per heavy atom. The summed E-state index contributed by atoms with van der Waals surface area (Å²) in [7, 11) is 0. The highest BCUT2D eigenvalue weighted by atomic mass is 32.2. The first kappa shape index (κ1) is 19.3. The van der Waals surface area contributed by atoms with E-state index in [4.69, 9.17) is 0 Å². The van der Waals surface area contributed by atoms with Crippen molar-refractivity contribution in [2.45, 2.75) is 68.7 Å². The third kappa shape index (κ3) is 4.63. The summed E-state index contributed by atoms with van der Waals surface area (Å²) in [6.07, 6.45) is 6.27. The van der Waals surface area contributed by atoms with Gasteiger partial charge in [0.25, 0.3) is 0 Å². The molecule has 140 valence electrons. The van der Waals surface area contributed by atoms with Crippen LogP contribution in [0.25, 0.3) is 0 Å². The molecule has 2 aromatic rings. The van der Waals surface area contributed by atoms with Gasteiger partial charge in [0, 0.05) is 22.4 Å². The number of benzene rings is 2. The molecular weight excluding hydrogens is 336 g/mol. The Hall–Kier alpha value is -1.45. The molecular formula is C23H32N2S. The van der Waals surface area contributed by atoms with Gasteiger partial charge in [0.05, 0.1) is 11.4 Å². The number of nitrogens with one attached hydrogen (secondary N) is 1. The smallest absolute Gasteiger partial charge is 0.0555 e. The van der Waals surface area contributed by atoms with E-state index in [9.17, 15) is 0 Å². The summed E-state index contributed by atoms with van der Waals surface area (Å²) in [5.41, 5.74) is 4.06. The summed E-state index contributed by atoms with van der Waals surface area (Å²) in [6.45, 7) is 8.91. The number of fused-ring (bicyclic) bond motifs is 2. The molecule has 26 heavy (non-hydrogen) atoms. The van der Waals surface area contributed by atoms with Crippen LogP contribution in [0.1, 0.15) is 51.5 Å². The normalized spacial score (nSPS) is 13.0. The quantitative estimate of drug-likeness (QED) is 0.505. The maximum atomic E-state index is 3.79. The van der Waals surface area contributed by atoms with Gasteiger partial charge in [0.2, 0.25) is 0 Å². The maximum absolute atomic E-state index is 3.79. The Labute approximate surface area is 163 Å². The lowest BCUT2D eigenvalue weighted by molar-refractivity contribution is 0.441.